The largest absolute Gasteiger partial charge is 1.00 e. The third kappa shape index (κ3) is 4.11. The van der Waals surface area contributed by atoms with E-state index in [1.54, 1.807) is 7.11 Å². The number of ether oxygens (including phenoxy) is 1. The van der Waals surface area contributed by atoms with Crippen LogP contribution < -0.4 is 39.4 Å². The number of carbonyl (C=O) groups excluding carboxylic acids is 1. The van der Waals surface area contributed by atoms with Crippen molar-refractivity contribution in [2.45, 2.75) is 11.8 Å². The van der Waals surface area contributed by atoms with Gasteiger partial charge in [-0.1, -0.05) is 0 Å². The number of fused-ring (bicyclic) bond motifs is 1. The second kappa shape index (κ2) is 7.14. The number of aliphatic carboxylic acids is 1. The molecule has 1 heterocycles. The van der Waals surface area contributed by atoms with Gasteiger partial charge in [0.15, 0.2) is 0 Å². The Balaban J connectivity index is 0.00000180. The minimum Gasteiger partial charge on any atom is -0.549 e. The first kappa shape index (κ1) is 16.3. The summed E-state index contributed by atoms with van der Waals surface area (Å²) in [5.41, 5.74) is 1.69. The standard InChI is InChI=1S/C13H13NO3S.Na/c1-8-5-12(18-7-13(15)16)10-6-9(17-2)3-4-11(10)14-8;/h3-6H,7H2,1-2H3,(H,15,16);/q;+1/p-1. The number of hydrogen-bond donors (Lipinski definition) is 0. The molecule has 1 aromatic carbocycles. The summed E-state index contributed by atoms with van der Waals surface area (Å²) < 4.78 is 5.17. The maximum atomic E-state index is 10.5. The zero-order chi connectivity index (χ0) is 13.1. The molecule has 6 heteroatoms. The molecule has 0 spiro atoms. The van der Waals surface area contributed by atoms with E-state index in [0.717, 1.165) is 27.2 Å². The zero-order valence-corrected chi connectivity index (χ0v) is 13.9. The first-order valence-electron chi connectivity index (χ1n) is 5.38. The summed E-state index contributed by atoms with van der Waals surface area (Å²) in [5.74, 6) is -0.426. The monoisotopic (exact) mass is 285 g/mol. The number of nitrogens with zero attached hydrogens (tertiary/aromatic N) is 1. The minimum atomic E-state index is -1.08. The van der Waals surface area contributed by atoms with Crippen LogP contribution in [0.15, 0.2) is 29.2 Å². The van der Waals surface area contributed by atoms with Crippen molar-refractivity contribution in [3.8, 4) is 5.75 Å². The normalized spacial score (nSPS) is 10.0. The number of methoxy groups -OCH3 is 1. The number of thioether (sulfide) groups is 1. The van der Waals surface area contributed by atoms with E-state index in [1.807, 2.05) is 31.2 Å². The van der Waals surface area contributed by atoms with Crippen molar-refractivity contribution in [1.29, 1.82) is 0 Å². The fourth-order valence-corrected chi connectivity index (χ4v) is 2.53. The summed E-state index contributed by atoms with van der Waals surface area (Å²) in [5, 5.41) is 11.4. The van der Waals surface area contributed by atoms with E-state index in [9.17, 15) is 9.90 Å². The van der Waals surface area contributed by atoms with Crippen molar-refractivity contribution in [2.24, 2.45) is 0 Å². The van der Waals surface area contributed by atoms with Crippen LogP contribution >= 0.6 is 11.8 Å². The summed E-state index contributed by atoms with van der Waals surface area (Å²) in [6, 6.07) is 7.43. The topological polar surface area (TPSA) is 62.2 Å². The fraction of sp³-hybridized carbons (Fsp3) is 0.231. The SMILES string of the molecule is COc1ccc2nc(C)cc(SCC(=O)[O-])c2c1.[Na+]. The summed E-state index contributed by atoms with van der Waals surface area (Å²) >= 11 is 1.23. The Kier molecular flexibility index (Phi) is 6.13. The molecule has 0 aliphatic heterocycles. The maximum absolute atomic E-state index is 10.5. The van der Waals surface area contributed by atoms with Crippen molar-refractivity contribution >= 4 is 28.6 Å². The van der Waals surface area contributed by atoms with E-state index < -0.39 is 5.97 Å². The Morgan fingerprint density at radius 2 is 2.16 bits per heavy atom. The summed E-state index contributed by atoms with van der Waals surface area (Å²) in [7, 11) is 1.59. The fourth-order valence-electron chi connectivity index (χ4n) is 1.68. The average Bonchev–Trinajstić information content (AvgIpc) is 2.35. The molecule has 0 aliphatic carbocycles. The van der Waals surface area contributed by atoms with Crippen LogP contribution in [0.25, 0.3) is 10.9 Å². The third-order valence-electron chi connectivity index (χ3n) is 2.45. The summed E-state index contributed by atoms with van der Waals surface area (Å²) in [4.78, 5) is 15.8. The smallest absolute Gasteiger partial charge is 0.549 e. The molecule has 0 aliphatic rings. The number of benzene rings is 1. The molecule has 2 rings (SSSR count). The third-order valence-corrected chi connectivity index (χ3v) is 3.48. The van der Waals surface area contributed by atoms with E-state index in [4.69, 9.17) is 4.74 Å². The molecule has 4 nitrogen and oxygen atoms in total. The Bertz CT molecular complexity index is 604. The molecule has 0 unspecified atom stereocenters. The van der Waals surface area contributed by atoms with Crippen molar-refractivity contribution in [1.82, 2.24) is 4.98 Å². The summed E-state index contributed by atoms with van der Waals surface area (Å²) in [6.45, 7) is 1.88. The van der Waals surface area contributed by atoms with E-state index in [2.05, 4.69) is 4.98 Å². The Morgan fingerprint density at radius 1 is 1.42 bits per heavy atom. The van der Waals surface area contributed by atoms with Crippen molar-refractivity contribution < 1.29 is 44.2 Å². The first-order chi connectivity index (χ1) is 8.60. The Hall–Kier alpha value is -0.750. The average molecular weight is 285 g/mol. The molecule has 0 bridgehead atoms. The van der Waals surface area contributed by atoms with Crippen LogP contribution in [0.1, 0.15) is 5.69 Å². The van der Waals surface area contributed by atoms with Gasteiger partial charge in [0, 0.05) is 21.7 Å². The molecule has 0 atom stereocenters. The molecule has 2 aromatic rings. The minimum absolute atomic E-state index is 0. The van der Waals surface area contributed by atoms with Gasteiger partial charge in [0.1, 0.15) is 5.75 Å². The molecule has 0 radical (unpaired) electrons. The van der Waals surface area contributed by atoms with Gasteiger partial charge in [0.05, 0.1) is 18.6 Å². The number of carbonyl (C=O) groups is 1. The van der Waals surface area contributed by atoms with Crippen LogP contribution in [-0.4, -0.2) is 23.8 Å². The predicted octanol–water partition coefficient (Wildman–Crippen LogP) is -1.60. The van der Waals surface area contributed by atoms with Gasteiger partial charge in [0.2, 0.25) is 0 Å². The number of aromatic nitrogens is 1. The molecule has 94 valence electrons. The van der Waals surface area contributed by atoms with Gasteiger partial charge in [-0.2, -0.15) is 0 Å². The second-order valence-electron chi connectivity index (χ2n) is 3.81. The molecular formula is C13H12NNaO3S. The quantitative estimate of drug-likeness (QED) is 0.500. The number of aryl methyl sites for hydroxylation is 1. The molecule has 0 N–H and O–H groups in total. The van der Waals surface area contributed by atoms with Crippen molar-refractivity contribution in [3.05, 3.63) is 30.0 Å². The van der Waals surface area contributed by atoms with Crippen molar-refractivity contribution in [3.63, 3.8) is 0 Å². The van der Waals surface area contributed by atoms with Gasteiger partial charge >= 0.3 is 29.6 Å². The zero-order valence-electron chi connectivity index (χ0n) is 11.1. The number of carboxylic acid groups (broad SMARTS) is 1. The molecule has 0 saturated carbocycles. The number of hydrogen-bond acceptors (Lipinski definition) is 5. The number of pyridine rings is 1. The van der Waals surface area contributed by atoms with E-state index in [0.29, 0.717) is 0 Å². The number of carboxylic acids is 1. The van der Waals surface area contributed by atoms with E-state index >= 15 is 0 Å². The Labute approximate surface area is 137 Å². The van der Waals surface area contributed by atoms with Crippen LogP contribution in [0.5, 0.6) is 5.75 Å². The van der Waals surface area contributed by atoms with Gasteiger partial charge in [0.25, 0.3) is 0 Å². The van der Waals surface area contributed by atoms with Crippen molar-refractivity contribution in [2.75, 3.05) is 12.9 Å². The summed E-state index contributed by atoms with van der Waals surface area (Å²) in [6.07, 6.45) is 0. The van der Waals surface area contributed by atoms with Gasteiger partial charge in [-0.25, -0.2) is 0 Å². The molecule has 0 amide bonds. The molecule has 0 fully saturated rings. The predicted molar refractivity (Wildman–Crippen MR) is 68.8 cm³/mol. The van der Waals surface area contributed by atoms with Gasteiger partial charge in [-0.15, -0.1) is 11.8 Å². The molecule has 1 aromatic heterocycles. The van der Waals surface area contributed by atoms with Crippen LogP contribution in [0.3, 0.4) is 0 Å². The molecule has 0 saturated heterocycles. The van der Waals surface area contributed by atoms with Gasteiger partial charge in [-0.3, -0.25) is 4.98 Å². The van der Waals surface area contributed by atoms with Crippen LogP contribution in [0.4, 0.5) is 0 Å². The van der Waals surface area contributed by atoms with Crippen LogP contribution in [0, 0.1) is 6.92 Å². The Morgan fingerprint density at radius 3 is 2.79 bits per heavy atom. The molecule has 19 heavy (non-hydrogen) atoms. The van der Waals surface area contributed by atoms with Gasteiger partial charge in [-0.05, 0) is 31.2 Å². The van der Waals surface area contributed by atoms with Gasteiger partial charge < -0.3 is 14.6 Å². The first-order valence-corrected chi connectivity index (χ1v) is 6.37. The number of rotatable bonds is 4. The van der Waals surface area contributed by atoms with E-state index in [-0.39, 0.29) is 35.3 Å². The van der Waals surface area contributed by atoms with Crippen LogP contribution in [-0.2, 0) is 4.79 Å². The molecular weight excluding hydrogens is 273 g/mol. The maximum Gasteiger partial charge on any atom is 1.00 e. The van der Waals surface area contributed by atoms with E-state index in [1.165, 1.54) is 11.8 Å². The second-order valence-corrected chi connectivity index (χ2v) is 4.82. The van der Waals surface area contributed by atoms with Crippen LogP contribution in [0.2, 0.25) is 0 Å².